The zero-order chi connectivity index (χ0) is 14.7. The Bertz CT molecular complexity index is 1180. The van der Waals surface area contributed by atoms with Gasteiger partial charge in [-0.1, -0.05) is 42.5 Å². The number of fused-ring (bicyclic) bond motifs is 8. The summed E-state index contributed by atoms with van der Waals surface area (Å²) in [5.74, 6) is 0. The molecule has 2 nitrogen and oxygen atoms in total. The van der Waals surface area contributed by atoms with Crippen LogP contribution in [0.25, 0.3) is 38.2 Å². The fourth-order valence-corrected chi connectivity index (χ4v) is 3.66. The van der Waals surface area contributed by atoms with Gasteiger partial charge in [0, 0.05) is 22.4 Å². The highest BCUT2D eigenvalue weighted by atomic mass is 14.9. The lowest BCUT2D eigenvalue weighted by molar-refractivity contribution is 1.30. The first kappa shape index (κ1) is 11.8. The minimum Gasteiger partial charge on any atom is -0.307 e. The zero-order valence-electron chi connectivity index (χ0n) is 12.2. The van der Waals surface area contributed by atoms with Gasteiger partial charge in [0.2, 0.25) is 0 Å². The normalized spacial score (nSPS) is 11.9. The highest BCUT2D eigenvalue weighted by Gasteiger charge is 2.15. The van der Waals surface area contributed by atoms with E-state index in [-0.39, 0.29) is 0 Å². The Balaban J connectivity index is 2.29. The summed E-state index contributed by atoms with van der Waals surface area (Å²) < 4.78 is 2.36. The summed E-state index contributed by atoms with van der Waals surface area (Å²) in [5, 5.41) is 3.79. The van der Waals surface area contributed by atoms with Gasteiger partial charge >= 0.3 is 0 Å². The number of hydrogen-bond donors (Lipinski definition) is 0. The molecule has 0 saturated carbocycles. The first-order chi connectivity index (χ1) is 10.9. The molecule has 2 heteroatoms. The average Bonchev–Trinajstić information content (AvgIpc) is 2.89. The monoisotopic (exact) mass is 282 g/mol. The summed E-state index contributed by atoms with van der Waals surface area (Å²) in [7, 11) is 0. The van der Waals surface area contributed by atoms with Crippen LogP contribution in [0.1, 0.15) is 5.56 Å². The van der Waals surface area contributed by atoms with Crippen LogP contribution < -0.4 is 0 Å². The van der Waals surface area contributed by atoms with Crippen LogP contribution in [0, 0.1) is 6.92 Å². The lowest BCUT2D eigenvalue weighted by atomic mass is 10.1. The van der Waals surface area contributed by atoms with E-state index >= 15 is 0 Å². The molecular weight excluding hydrogens is 268 g/mol. The Hall–Kier alpha value is -2.87. The largest absolute Gasteiger partial charge is 0.307 e. The maximum Gasteiger partial charge on any atom is 0.0949 e. The van der Waals surface area contributed by atoms with Crippen molar-refractivity contribution in [3.63, 3.8) is 0 Å². The molecule has 0 radical (unpaired) electrons. The molecule has 2 aromatic carbocycles. The summed E-state index contributed by atoms with van der Waals surface area (Å²) in [6, 6.07) is 21.3. The standard InChI is InChI=1S/C20H14N2/c1-13-14-7-4-5-10-17(14)22-18-11-6-12-21-19(18)15-8-2-3-9-16(15)20(13)22/h2-12H,1H3. The second kappa shape index (κ2) is 4.08. The molecule has 0 aliphatic rings. The van der Waals surface area contributed by atoms with Crippen LogP contribution in [0.15, 0.2) is 66.9 Å². The van der Waals surface area contributed by atoms with Crippen LogP contribution in [0.2, 0.25) is 0 Å². The van der Waals surface area contributed by atoms with E-state index in [0.717, 1.165) is 5.52 Å². The van der Waals surface area contributed by atoms with E-state index < -0.39 is 0 Å². The van der Waals surface area contributed by atoms with Gasteiger partial charge in [-0.3, -0.25) is 4.98 Å². The third-order valence-electron chi connectivity index (χ3n) is 4.59. The fraction of sp³-hybridized carbons (Fsp3) is 0.0500. The number of aromatic nitrogens is 2. The molecule has 3 heterocycles. The van der Waals surface area contributed by atoms with Crippen molar-refractivity contribution in [2.75, 3.05) is 0 Å². The Labute approximate surface area is 127 Å². The lowest BCUT2D eigenvalue weighted by Crippen LogP contribution is -1.92. The van der Waals surface area contributed by atoms with Gasteiger partial charge in [0.15, 0.2) is 0 Å². The molecule has 0 aliphatic carbocycles. The van der Waals surface area contributed by atoms with Crippen molar-refractivity contribution in [1.82, 2.24) is 9.38 Å². The zero-order valence-corrected chi connectivity index (χ0v) is 12.2. The summed E-state index contributed by atoms with van der Waals surface area (Å²) in [5.41, 5.74) is 6.10. The van der Waals surface area contributed by atoms with Crippen LogP contribution in [0.3, 0.4) is 0 Å². The predicted molar refractivity (Wildman–Crippen MR) is 92.4 cm³/mol. The van der Waals surface area contributed by atoms with Gasteiger partial charge in [0.05, 0.1) is 22.1 Å². The van der Waals surface area contributed by atoms with Crippen molar-refractivity contribution in [1.29, 1.82) is 0 Å². The summed E-state index contributed by atoms with van der Waals surface area (Å²) in [6.07, 6.45) is 1.87. The summed E-state index contributed by atoms with van der Waals surface area (Å²) >= 11 is 0. The highest BCUT2D eigenvalue weighted by Crippen LogP contribution is 2.35. The van der Waals surface area contributed by atoms with Gasteiger partial charge in [-0.15, -0.1) is 0 Å². The molecular formula is C20H14N2. The minimum atomic E-state index is 1.06. The Morgan fingerprint density at radius 1 is 0.727 bits per heavy atom. The van der Waals surface area contributed by atoms with Crippen LogP contribution in [-0.4, -0.2) is 9.38 Å². The number of benzene rings is 2. The van der Waals surface area contributed by atoms with Crippen molar-refractivity contribution in [3.05, 3.63) is 72.4 Å². The van der Waals surface area contributed by atoms with Gasteiger partial charge in [-0.25, -0.2) is 0 Å². The molecule has 22 heavy (non-hydrogen) atoms. The molecule has 104 valence electrons. The topological polar surface area (TPSA) is 17.3 Å². The molecule has 0 N–H and O–H groups in total. The molecule has 5 aromatic rings. The van der Waals surface area contributed by atoms with Crippen molar-refractivity contribution in [2.24, 2.45) is 0 Å². The van der Waals surface area contributed by atoms with Gasteiger partial charge in [0.25, 0.3) is 0 Å². The van der Waals surface area contributed by atoms with Crippen LogP contribution in [0.5, 0.6) is 0 Å². The van der Waals surface area contributed by atoms with Crippen LogP contribution in [-0.2, 0) is 0 Å². The Morgan fingerprint density at radius 3 is 2.27 bits per heavy atom. The number of hydrogen-bond acceptors (Lipinski definition) is 1. The van der Waals surface area contributed by atoms with E-state index in [1.807, 2.05) is 12.3 Å². The third-order valence-corrected chi connectivity index (χ3v) is 4.59. The van der Waals surface area contributed by atoms with E-state index in [4.69, 9.17) is 0 Å². The van der Waals surface area contributed by atoms with E-state index in [2.05, 4.69) is 70.9 Å². The molecule has 3 aromatic heterocycles. The number of para-hydroxylation sites is 1. The SMILES string of the molecule is Cc1c2ccccc2n2c3cccnc3c3ccccc3c12. The number of pyridine rings is 2. The number of rotatable bonds is 0. The molecule has 0 spiro atoms. The number of nitrogens with zero attached hydrogens (tertiary/aromatic N) is 2. The van der Waals surface area contributed by atoms with Crippen molar-refractivity contribution >= 4 is 38.2 Å². The molecule has 0 fully saturated rings. The lowest BCUT2D eigenvalue weighted by Gasteiger charge is -2.09. The quantitative estimate of drug-likeness (QED) is 0.361. The van der Waals surface area contributed by atoms with Crippen molar-refractivity contribution in [3.8, 4) is 0 Å². The highest BCUT2D eigenvalue weighted by molar-refractivity contribution is 6.15. The third kappa shape index (κ3) is 1.32. The maximum absolute atomic E-state index is 4.65. The van der Waals surface area contributed by atoms with Crippen LogP contribution in [0.4, 0.5) is 0 Å². The van der Waals surface area contributed by atoms with Crippen LogP contribution >= 0.6 is 0 Å². The summed E-state index contributed by atoms with van der Waals surface area (Å²) in [4.78, 5) is 4.65. The number of aryl methyl sites for hydroxylation is 1. The first-order valence-electron chi connectivity index (χ1n) is 7.51. The van der Waals surface area contributed by atoms with Gasteiger partial charge in [0.1, 0.15) is 0 Å². The van der Waals surface area contributed by atoms with E-state index in [0.29, 0.717) is 0 Å². The van der Waals surface area contributed by atoms with E-state index in [9.17, 15) is 0 Å². The van der Waals surface area contributed by atoms with Gasteiger partial charge in [-0.2, -0.15) is 0 Å². The van der Waals surface area contributed by atoms with E-state index in [1.165, 1.54) is 38.3 Å². The molecule has 0 saturated heterocycles. The molecule has 0 amide bonds. The van der Waals surface area contributed by atoms with Crippen molar-refractivity contribution in [2.45, 2.75) is 6.92 Å². The first-order valence-corrected chi connectivity index (χ1v) is 7.51. The predicted octanol–water partition coefficient (Wildman–Crippen LogP) is 5.10. The fourth-order valence-electron chi connectivity index (χ4n) is 3.66. The average molecular weight is 282 g/mol. The van der Waals surface area contributed by atoms with Gasteiger partial charge < -0.3 is 4.40 Å². The molecule has 5 rings (SSSR count). The van der Waals surface area contributed by atoms with E-state index in [1.54, 1.807) is 0 Å². The van der Waals surface area contributed by atoms with Gasteiger partial charge in [-0.05, 0) is 30.7 Å². The second-order valence-electron chi connectivity index (χ2n) is 5.74. The molecule has 0 aliphatic heterocycles. The minimum absolute atomic E-state index is 1.06. The molecule has 0 atom stereocenters. The Kier molecular flexibility index (Phi) is 2.18. The second-order valence-corrected chi connectivity index (χ2v) is 5.74. The Morgan fingerprint density at radius 2 is 1.41 bits per heavy atom. The molecule has 0 unspecified atom stereocenters. The maximum atomic E-state index is 4.65. The smallest absolute Gasteiger partial charge is 0.0949 e. The summed E-state index contributed by atoms with van der Waals surface area (Å²) in [6.45, 7) is 2.21. The molecule has 0 bridgehead atoms. The van der Waals surface area contributed by atoms with Crippen molar-refractivity contribution < 1.29 is 0 Å².